The van der Waals surface area contributed by atoms with Gasteiger partial charge in [-0.05, 0) is 23.9 Å². The molecule has 0 radical (unpaired) electrons. The Kier molecular flexibility index (Phi) is 7.77. The number of halogens is 1. The van der Waals surface area contributed by atoms with Crippen molar-refractivity contribution in [2.45, 2.75) is 0 Å². The zero-order valence-electron chi connectivity index (χ0n) is 16.9. The molecule has 0 bridgehead atoms. The highest BCUT2D eigenvalue weighted by Gasteiger charge is 2.34. The van der Waals surface area contributed by atoms with Crippen LogP contribution in [-0.2, 0) is 14.4 Å². The number of amides is 4. The number of carbonyl (C=O) groups excluding carboxylic acids is 4. The highest BCUT2D eigenvalue weighted by atomic mass is 32.2. The van der Waals surface area contributed by atoms with Crippen LogP contribution in [0.3, 0.4) is 0 Å². The van der Waals surface area contributed by atoms with Gasteiger partial charge in [-0.1, -0.05) is 18.2 Å². The van der Waals surface area contributed by atoms with Gasteiger partial charge in [-0.25, -0.2) is 4.39 Å². The number of hydrogen-bond donors (Lipinski definition) is 2. The highest BCUT2D eigenvalue weighted by molar-refractivity contribution is 8.18. The van der Waals surface area contributed by atoms with Gasteiger partial charge in [0.05, 0.1) is 18.0 Å². The fraction of sp³-hybridized carbons (Fsp3) is 0.400. The van der Waals surface area contributed by atoms with Crippen molar-refractivity contribution in [2.75, 3.05) is 52.4 Å². The smallest absolute Gasteiger partial charge is 0.293 e. The van der Waals surface area contributed by atoms with Crippen LogP contribution < -0.4 is 11.1 Å². The molecule has 2 aliphatic heterocycles. The van der Waals surface area contributed by atoms with Crippen LogP contribution in [0.5, 0.6) is 0 Å². The van der Waals surface area contributed by atoms with Gasteiger partial charge in [0.1, 0.15) is 5.82 Å². The molecule has 9 nitrogen and oxygen atoms in total. The van der Waals surface area contributed by atoms with Crippen molar-refractivity contribution < 1.29 is 23.6 Å². The number of carbonyl (C=O) groups is 4. The van der Waals surface area contributed by atoms with Crippen LogP contribution in [0.2, 0.25) is 0 Å². The van der Waals surface area contributed by atoms with E-state index in [-0.39, 0.29) is 48.5 Å². The van der Waals surface area contributed by atoms with E-state index in [1.807, 2.05) is 9.80 Å². The zero-order chi connectivity index (χ0) is 22.4. The summed E-state index contributed by atoms with van der Waals surface area (Å²) >= 11 is 0.750. The molecule has 0 atom stereocenters. The number of hydrogen-bond acceptors (Lipinski definition) is 7. The van der Waals surface area contributed by atoms with E-state index in [0.717, 1.165) is 16.7 Å². The van der Waals surface area contributed by atoms with Crippen LogP contribution in [0.4, 0.5) is 9.18 Å². The number of imide groups is 1. The van der Waals surface area contributed by atoms with Crippen LogP contribution in [0.25, 0.3) is 6.08 Å². The lowest BCUT2D eigenvalue weighted by Gasteiger charge is -2.33. The van der Waals surface area contributed by atoms with E-state index >= 15 is 0 Å². The second-order valence-electron chi connectivity index (χ2n) is 7.22. The predicted octanol–water partition coefficient (Wildman–Crippen LogP) is 0.0811. The summed E-state index contributed by atoms with van der Waals surface area (Å²) in [6, 6.07) is 5.99. The Morgan fingerprint density at radius 2 is 1.74 bits per heavy atom. The topological polar surface area (TPSA) is 116 Å². The van der Waals surface area contributed by atoms with Gasteiger partial charge in [0.15, 0.2) is 0 Å². The fourth-order valence-corrected chi connectivity index (χ4v) is 4.17. The summed E-state index contributed by atoms with van der Waals surface area (Å²) in [5.74, 6) is -1.56. The van der Waals surface area contributed by atoms with E-state index in [0.29, 0.717) is 26.2 Å². The molecule has 1 aromatic rings. The molecule has 31 heavy (non-hydrogen) atoms. The lowest BCUT2D eigenvalue weighted by molar-refractivity contribution is -0.125. The Morgan fingerprint density at radius 3 is 2.39 bits per heavy atom. The van der Waals surface area contributed by atoms with E-state index in [2.05, 4.69) is 5.32 Å². The number of primary amides is 1. The van der Waals surface area contributed by atoms with Crippen molar-refractivity contribution in [2.24, 2.45) is 5.73 Å². The summed E-state index contributed by atoms with van der Waals surface area (Å²) < 4.78 is 13.8. The van der Waals surface area contributed by atoms with Gasteiger partial charge < -0.3 is 11.1 Å². The molecule has 166 valence electrons. The third-order valence-corrected chi connectivity index (χ3v) is 5.84. The van der Waals surface area contributed by atoms with Crippen molar-refractivity contribution in [1.29, 1.82) is 0 Å². The van der Waals surface area contributed by atoms with Crippen molar-refractivity contribution >= 4 is 40.8 Å². The standard InChI is InChI=1S/C20H24FN5O4S/c21-15-4-2-1-3-14(15)11-16-19(29)26(20(30)31-16)6-5-23-18(28)13-25-9-7-24(8-10-25)12-17(22)27/h1-4,11H,5-10,12-13H2,(H2,22,27)(H,23,28)/b16-11-. The van der Waals surface area contributed by atoms with E-state index in [1.165, 1.54) is 18.2 Å². The van der Waals surface area contributed by atoms with Gasteiger partial charge in [-0.3, -0.25) is 33.9 Å². The molecule has 0 aromatic heterocycles. The number of rotatable bonds is 8. The zero-order valence-corrected chi connectivity index (χ0v) is 17.7. The van der Waals surface area contributed by atoms with Crippen LogP contribution in [0.15, 0.2) is 29.2 Å². The monoisotopic (exact) mass is 449 g/mol. The number of thioether (sulfide) groups is 1. The Morgan fingerprint density at radius 1 is 1.10 bits per heavy atom. The first-order chi connectivity index (χ1) is 14.8. The number of piperazine rings is 1. The Labute approximate surface area is 183 Å². The molecule has 0 saturated carbocycles. The molecule has 0 unspecified atom stereocenters. The third kappa shape index (κ3) is 6.36. The van der Waals surface area contributed by atoms with E-state index in [9.17, 15) is 23.6 Å². The van der Waals surface area contributed by atoms with Gasteiger partial charge in [0.2, 0.25) is 11.8 Å². The predicted molar refractivity (Wildman–Crippen MR) is 114 cm³/mol. The first-order valence-electron chi connectivity index (χ1n) is 9.83. The maximum absolute atomic E-state index is 13.8. The van der Waals surface area contributed by atoms with Crippen molar-refractivity contribution in [1.82, 2.24) is 20.0 Å². The molecule has 3 N–H and O–H groups in total. The average molecular weight is 450 g/mol. The maximum atomic E-state index is 13.8. The number of nitrogens with two attached hydrogens (primary N) is 1. The van der Waals surface area contributed by atoms with Crippen molar-refractivity contribution in [3.63, 3.8) is 0 Å². The molecule has 0 aliphatic carbocycles. The minimum atomic E-state index is -0.502. The van der Waals surface area contributed by atoms with Crippen molar-refractivity contribution in [3.8, 4) is 0 Å². The highest BCUT2D eigenvalue weighted by Crippen LogP contribution is 2.32. The average Bonchev–Trinajstić information content (AvgIpc) is 2.98. The molecule has 11 heteroatoms. The molecule has 0 spiro atoms. The lowest BCUT2D eigenvalue weighted by atomic mass is 10.2. The normalized spacial score (nSPS) is 19.3. The first kappa shape index (κ1) is 22.9. The van der Waals surface area contributed by atoms with Gasteiger partial charge >= 0.3 is 0 Å². The largest absolute Gasteiger partial charge is 0.369 e. The van der Waals surface area contributed by atoms with Gasteiger partial charge in [0, 0.05) is 44.8 Å². The molecule has 2 saturated heterocycles. The number of benzene rings is 1. The summed E-state index contributed by atoms with van der Waals surface area (Å²) in [6.45, 7) is 3.17. The SMILES string of the molecule is NC(=O)CN1CCN(CC(=O)NCCN2C(=O)S/C(=C\c3ccccc3F)C2=O)CC1. The quantitative estimate of drug-likeness (QED) is 0.540. The van der Waals surface area contributed by atoms with Gasteiger partial charge in [0.25, 0.3) is 11.1 Å². The van der Waals surface area contributed by atoms with Crippen LogP contribution >= 0.6 is 11.8 Å². The fourth-order valence-electron chi connectivity index (χ4n) is 3.32. The van der Waals surface area contributed by atoms with Crippen LogP contribution in [0.1, 0.15) is 5.56 Å². The van der Waals surface area contributed by atoms with Crippen LogP contribution in [-0.4, -0.2) is 90.0 Å². The summed E-state index contributed by atoms with van der Waals surface area (Å²) in [5.41, 5.74) is 5.42. The Bertz CT molecular complexity index is 901. The maximum Gasteiger partial charge on any atom is 0.293 e. The molecule has 2 aliphatic rings. The minimum Gasteiger partial charge on any atom is -0.369 e. The lowest BCUT2D eigenvalue weighted by Crippen LogP contribution is -2.51. The second-order valence-corrected chi connectivity index (χ2v) is 8.22. The summed E-state index contributed by atoms with van der Waals surface area (Å²) in [7, 11) is 0. The summed E-state index contributed by atoms with van der Waals surface area (Å²) in [4.78, 5) is 52.8. The van der Waals surface area contributed by atoms with Crippen LogP contribution in [0, 0.1) is 5.82 Å². The van der Waals surface area contributed by atoms with E-state index in [1.54, 1.807) is 12.1 Å². The molecule has 4 amide bonds. The third-order valence-electron chi connectivity index (χ3n) is 4.93. The molecule has 2 heterocycles. The second kappa shape index (κ2) is 10.5. The molecule has 3 rings (SSSR count). The molecular weight excluding hydrogens is 425 g/mol. The Hall–Kier alpha value is -2.76. The molecule has 2 fully saturated rings. The van der Waals surface area contributed by atoms with Crippen molar-refractivity contribution in [3.05, 3.63) is 40.6 Å². The molecule has 1 aromatic carbocycles. The Balaban J connectivity index is 1.43. The number of nitrogens with one attached hydrogen (secondary N) is 1. The van der Waals surface area contributed by atoms with E-state index in [4.69, 9.17) is 5.73 Å². The molecular formula is C20H24FN5O4S. The van der Waals surface area contributed by atoms with Gasteiger partial charge in [-0.2, -0.15) is 0 Å². The summed E-state index contributed by atoms with van der Waals surface area (Å²) in [5, 5.41) is 2.26. The van der Waals surface area contributed by atoms with Gasteiger partial charge in [-0.15, -0.1) is 0 Å². The first-order valence-corrected chi connectivity index (χ1v) is 10.6. The van der Waals surface area contributed by atoms with E-state index < -0.39 is 17.0 Å². The number of nitrogens with zero attached hydrogens (tertiary/aromatic N) is 3. The summed E-state index contributed by atoms with van der Waals surface area (Å²) in [6.07, 6.45) is 1.36. The minimum absolute atomic E-state index is 0.0391.